The van der Waals surface area contributed by atoms with Crippen molar-refractivity contribution < 1.29 is 19.4 Å². The molecule has 0 amide bonds. The van der Waals surface area contributed by atoms with E-state index in [0.717, 1.165) is 0 Å². The Balaban J connectivity index is 2.64. The molecule has 1 aliphatic rings. The summed E-state index contributed by atoms with van der Waals surface area (Å²) < 4.78 is 9.89. The molecule has 1 N–H and O–H groups in total. The average molecular weight is 172 g/mol. The van der Waals surface area contributed by atoms with Crippen molar-refractivity contribution in [2.45, 2.75) is 26.4 Å². The molecule has 1 unspecified atom stereocenters. The van der Waals surface area contributed by atoms with Gasteiger partial charge in [0.1, 0.15) is 18.1 Å². The third-order valence-corrected chi connectivity index (χ3v) is 1.57. The normalized spacial score (nSPS) is 23.4. The van der Waals surface area contributed by atoms with Crippen molar-refractivity contribution in [2.75, 3.05) is 6.61 Å². The van der Waals surface area contributed by atoms with Crippen LogP contribution in [0.1, 0.15) is 20.3 Å². The van der Waals surface area contributed by atoms with E-state index in [1.807, 2.05) is 0 Å². The second-order valence-corrected chi connectivity index (χ2v) is 2.74. The van der Waals surface area contributed by atoms with Crippen LogP contribution in [0.4, 0.5) is 0 Å². The highest BCUT2D eigenvalue weighted by Crippen LogP contribution is 2.19. The summed E-state index contributed by atoms with van der Waals surface area (Å²) in [4.78, 5) is 10.6. The van der Waals surface area contributed by atoms with Gasteiger partial charge in [0, 0.05) is 13.3 Å². The minimum absolute atomic E-state index is 0.274. The Kier molecular flexibility index (Phi) is 2.70. The Labute approximate surface area is 70.8 Å². The van der Waals surface area contributed by atoms with Gasteiger partial charge in [0.2, 0.25) is 0 Å². The zero-order chi connectivity index (χ0) is 9.14. The van der Waals surface area contributed by atoms with E-state index in [1.165, 1.54) is 6.92 Å². The van der Waals surface area contributed by atoms with E-state index < -0.39 is 6.10 Å². The lowest BCUT2D eigenvalue weighted by Gasteiger charge is -2.21. The van der Waals surface area contributed by atoms with Crippen molar-refractivity contribution in [3.63, 3.8) is 0 Å². The molecule has 0 radical (unpaired) electrons. The van der Waals surface area contributed by atoms with Gasteiger partial charge in [0.05, 0.1) is 6.10 Å². The van der Waals surface area contributed by atoms with Crippen molar-refractivity contribution >= 4 is 5.97 Å². The maximum absolute atomic E-state index is 10.6. The number of ether oxygens (including phenoxy) is 2. The zero-order valence-corrected chi connectivity index (χ0v) is 7.16. The average Bonchev–Trinajstić information content (AvgIpc) is 1.96. The maximum Gasteiger partial charge on any atom is 0.307 e. The number of aliphatic hydroxyl groups excluding tert-OH is 1. The van der Waals surface area contributed by atoms with Gasteiger partial charge in [0.15, 0.2) is 0 Å². The van der Waals surface area contributed by atoms with Gasteiger partial charge < -0.3 is 14.6 Å². The number of hydrogen-bond acceptors (Lipinski definition) is 4. The molecule has 0 bridgehead atoms. The summed E-state index contributed by atoms with van der Waals surface area (Å²) in [7, 11) is 0. The summed E-state index contributed by atoms with van der Waals surface area (Å²) in [5, 5.41) is 9.16. The molecule has 0 aromatic heterocycles. The summed E-state index contributed by atoms with van der Waals surface area (Å²) in [6, 6.07) is 0. The van der Waals surface area contributed by atoms with Crippen molar-refractivity contribution in [2.24, 2.45) is 0 Å². The number of aliphatic hydroxyl groups is 1. The molecule has 4 nitrogen and oxygen atoms in total. The van der Waals surface area contributed by atoms with Crippen LogP contribution >= 0.6 is 0 Å². The van der Waals surface area contributed by atoms with Crippen LogP contribution < -0.4 is 0 Å². The lowest BCUT2D eigenvalue weighted by Crippen LogP contribution is -2.23. The Morgan fingerprint density at radius 3 is 3.00 bits per heavy atom. The second-order valence-electron chi connectivity index (χ2n) is 2.74. The van der Waals surface area contributed by atoms with Crippen molar-refractivity contribution in [3.8, 4) is 0 Å². The van der Waals surface area contributed by atoms with Gasteiger partial charge in [-0.2, -0.15) is 0 Å². The highest BCUT2D eigenvalue weighted by molar-refractivity contribution is 5.67. The molecule has 0 saturated carbocycles. The molecule has 1 aliphatic heterocycles. The Bertz CT molecular complexity index is 219. The fourth-order valence-electron chi connectivity index (χ4n) is 1.01. The van der Waals surface area contributed by atoms with E-state index in [0.29, 0.717) is 17.9 Å². The Hall–Kier alpha value is -1.03. The van der Waals surface area contributed by atoms with Gasteiger partial charge in [-0.25, -0.2) is 0 Å². The number of esters is 1. The summed E-state index contributed by atoms with van der Waals surface area (Å²) in [6.07, 6.45) is -0.214. The number of hydrogen-bond donors (Lipinski definition) is 1. The first-order chi connectivity index (χ1) is 5.59. The van der Waals surface area contributed by atoms with Gasteiger partial charge in [-0.3, -0.25) is 4.79 Å². The molecular formula is C8H12O4. The predicted octanol–water partition coefficient (Wildman–Crippen LogP) is 0.562. The topological polar surface area (TPSA) is 55.8 Å². The van der Waals surface area contributed by atoms with Crippen LogP contribution in [-0.4, -0.2) is 23.8 Å². The third-order valence-electron chi connectivity index (χ3n) is 1.57. The SMILES string of the molecule is CC(=O)OC1=C(C)OCC(O)C1. The lowest BCUT2D eigenvalue weighted by molar-refractivity contribution is -0.138. The first-order valence-electron chi connectivity index (χ1n) is 3.78. The quantitative estimate of drug-likeness (QED) is 0.587. The molecule has 0 saturated heterocycles. The summed E-state index contributed by atoms with van der Waals surface area (Å²) >= 11 is 0. The maximum atomic E-state index is 10.6. The smallest absolute Gasteiger partial charge is 0.307 e. The summed E-state index contributed by atoms with van der Waals surface area (Å²) in [5.41, 5.74) is 0. The zero-order valence-electron chi connectivity index (χ0n) is 7.16. The highest BCUT2D eigenvalue weighted by Gasteiger charge is 2.20. The molecule has 4 heteroatoms. The molecular weight excluding hydrogens is 160 g/mol. The standard InChI is InChI=1S/C8H12O4/c1-5-8(12-6(2)9)3-7(10)4-11-5/h7,10H,3-4H2,1-2H3. The molecule has 68 valence electrons. The van der Waals surface area contributed by atoms with Crippen molar-refractivity contribution in [1.82, 2.24) is 0 Å². The van der Waals surface area contributed by atoms with Crippen LogP contribution in [0.2, 0.25) is 0 Å². The van der Waals surface area contributed by atoms with E-state index >= 15 is 0 Å². The van der Waals surface area contributed by atoms with Crippen LogP contribution in [0.5, 0.6) is 0 Å². The van der Waals surface area contributed by atoms with Crippen LogP contribution in [0.25, 0.3) is 0 Å². The monoisotopic (exact) mass is 172 g/mol. The van der Waals surface area contributed by atoms with Crippen LogP contribution in [0.15, 0.2) is 11.5 Å². The van der Waals surface area contributed by atoms with Gasteiger partial charge in [0.25, 0.3) is 0 Å². The van der Waals surface area contributed by atoms with E-state index in [4.69, 9.17) is 14.6 Å². The largest absolute Gasteiger partial charge is 0.492 e. The first-order valence-corrected chi connectivity index (χ1v) is 3.78. The molecule has 12 heavy (non-hydrogen) atoms. The minimum atomic E-state index is -0.567. The number of carbonyl (C=O) groups excluding carboxylic acids is 1. The summed E-state index contributed by atoms with van der Waals surface area (Å²) in [6.45, 7) is 3.31. The van der Waals surface area contributed by atoms with Crippen molar-refractivity contribution in [1.29, 1.82) is 0 Å². The Morgan fingerprint density at radius 2 is 2.42 bits per heavy atom. The van der Waals surface area contributed by atoms with Crippen LogP contribution in [-0.2, 0) is 14.3 Å². The fraction of sp³-hybridized carbons (Fsp3) is 0.625. The fourth-order valence-corrected chi connectivity index (χ4v) is 1.01. The van der Waals surface area contributed by atoms with Gasteiger partial charge in [-0.15, -0.1) is 0 Å². The number of rotatable bonds is 1. The second kappa shape index (κ2) is 3.58. The van der Waals surface area contributed by atoms with Gasteiger partial charge in [-0.1, -0.05) is 0 Å². The number of allylic oxidation sites excluding steroid dienone is 1. The molecule has 1 atom stereocenters. The number of carbonyl (C=O) groups is 1. The predicted molar refractivity (Wildman–Crippen MR) is 41.0 cm³/mol. The molecule has 0 aromatic carbocycles. The minimum Gasteiger partial charge on any atom is -0.492 e. The Morgan fingerprint density at radius 1 is 1.75 bits per heavy atom. The molecule has 1 rings (SSSR count). The van der Waals surface area contributed by atoms with Gasteiger partial charge >= 0.3 is 5.97 Å². The van der Waals surface area contributed by atoms with Gasteiger partial charge in [-0.05, 0) is 6.92 Å². The lowest BCUT2D eigenvalue weighted by atomic mass is 10.2. The molecule has 1 heterocycles. The molecule has 0 fully saturated rings. The highest BCUT2D eigenvalue weighted by atomic mass is 16.6. The van der Waals surface area contributed by atoms with Crippen LogP contribution in [0, 0.1) is 0 Å². The van der Waals surface area contributed by atoms with E-state index in [-0.39, 0.29) is 12.6 Å². The van der Waals surface area contributed by atoms with E-state index in [2.05, 4.69) is 0 Å². The van der Waals surface area contributed by atoms with Crippen molar-refractivity contribution in [3.05, 3.63) is 11.5 Å². The first kappa shape index (κ1) is 9.06. The third kappa shape index (κ3) is 2.23. The van der Waals surface area contributed by atoms with E-state index in [1.54, 1.807) is 6.92 Å². The van der Waals surface area contributed by atoms with E-state index in [9.17, 15) is 4.79 Å². The van der Waals surface area contributed by atoms with Crippen LogP contribution in [0.3, 0.4) is 0 Å². The molecule has 0 aromatic rings. The molecule has 0 aliphatic carbocycles. The molecule has 0 spiro atoms. The summed E-state index contributed by atoms with van der Waals surface area (Å²) in [5.74, 6) is 0.624.